The number of amides is 1. The lowest BCUT2D eigenvalue weighted by atomic mass is 10.1. The first kappa shape index (κ1) is 14.7. The standard InChI is InChI=1S/C17H18N2O3S/c20-7-6-19(13-2-3-13)17(21)15-10-18-16(23-15)12-1-4-14-11(9-12)5-8-22-14/h1,4,9-10,13,20H,2-3,5-8H2. The average Bonchev–Trinajstić information content (AvgIpc) is 3.11. The quantitative estimate of drug-likeness (QED) is 0.914. The van der Waals surface area contributed by atoms with Gasteiger partial charge in [-0.15, -0.1) is 11.3 Å². The van der Waals surface area contributed by atoms with Crippen molar-refractivity contribution < 1.29 is 14.6 Å². The number of benzene rings is 1. The van der Waals surface area contributed by atoms with Gasteiger partial charge in [-0.05, 0) is 36.6 Å². The lowest BCUT2D eigenvalue weighted by Gasteiger charge is -2.20. The molecule has 1 amide bonds. The Hall–Kier alpha value is -1.92. The van der Waals surface area contributed by atoms with Crippen LogP contribution in [0.5, 0.6) is 5.75 Å². The van der Waals surface area contributed by atoms with Crippen molar-refractivity contribution in [3.63, 3.8) is 0 Å². The van der Waals surface area contributed by atoms with Gasteiger partial charge in [-0.1, -0.05) is 0 Å². The molecule has 1 aromatic carbocycles. The van der Waals surface area contributed by atoms with E-state index in [2.05, 4.69) is 11.1 Å². The van der Waals surface area contributed by atoms with E-state index in [1.165, 1.54) is 16.9 Å². The Balaban J connectivity index is 1.57. The molecule has 1 aliphatic heterocycles. The van der Waals surface area contributed by atoms with E-state index >= 15 is 0 Å². The third-order valence-electron chi connectivity index (χ3n) is 4.24. The van der Waals surface area contributed by atoms with Gasteiger partial charge in [0.1, 0.15) is 15.6 Å². The van der Waals surface area contributed by atoms with Crippen LogP contribution in [0.1, 0.15) is 28.1 Å². The van der Waals surface area contributed by atoms with E-state index in [1.54, 1.807) is 11.1 Å². The van der Waals surface area contributed by atoms with Crippen LogP contribution in [0.3, 0.4) is 0 Å². The number of rotatable bonds is 5. The summed E-state index contributed by atoms with van der Waals surface area (Å²) in [6, 6.07) is 6.35. The molecule has 2 aliphatic rings. The third kappa shape index (κ3) is 2.84. The summed E-state index contributed by atoms with van der Waals surface area (Å²) < 4.78 is 5.52. The first-order valence-electron chi connectivity index (χ1n) is 7.90. The number of carbonyl (C=O) groups is 1. The van der Waals surface area contributed by atoms with Gasteiger partial charge in [-0.2, -0.15) is 0 Å². The molecule has 0 saturated heterocycles. The monoisotopic (exact) mass is 330 g/mol. The van der Waals surface area contributed by atoms with Gasteiger partial charge in [0, 0.05) is 24.6 Å². The minimum Gasteiger partial charge on any atom is -0.493 e. The van der Waals surface area contributed by atoms with Gasteiger partial charge in [-0.3, -0.25) is 4.79 Å². The van der Waals surface area contributed by atoms with Crippen molar-refractivity contribution >= 4 is 17.2 Å². The highest BCUT2D eigenvalue weighted by atomic mass is 32.1. The second-order valence-corrected chi connectivity index (χ2v) is 6.93. The number of carbonyl (C=O) groups excluding carboxylic acids is 1. The summed E-state index contributed by atoms with van der Waals surface area (Å²) in [6.07, 6.45) is 4.63. The summed E-state index contributed by atoms with van der Waals surface area (Å²) in [7, 11) is 0. The maximum Gasteiger partial charge on any atom is 0.265 e. The lowest BCUT2D eigenvalue weighted by molar-refractivity contribution is 0.0712. The van der Waals surface area contributed by atoms with Crippen LogP contribution in [0.4, 0.5) is 0 Å². The number of ether oxygens (including phenoxy) is 1. The lowest BCUT2D eigenvalue weighted by Crippen LogP contribution is -2.35. The van der Waals surface area contributed by atoms with E-state index < -0.39 is 0 Å². The average molecular weight is 330 g/mol. The molecule has 0 spiro atoms. The number of aliphatic hydroxyl groups excluding tert-OH is 1. The molecule has 1 fully saturated rings. The van der Waals surface area contributed by atoms with Gasteiger partial charge >= 0.3 is 0 Å². The molecule has 1 aromatic heterocycles. The fraction of sp³-hybridized carbons (Fsp3) is 0.412. The highest BCUT2D eigenvalue weighted by molar-refractivity contribution is 7.16. The summed E-state index contributed by atoms with van der Waals surface area (Å²) in [5.41, 5.74) is 2.23. The smallest absolute Gasteiger partial charge is 0.265 e. The maximum atomic E-state index is 12.6. The third-order valence-corrected chi connectivity index (χ3v) is 5.28. The van der Waals surface area contributed by atoms with Crippen LogP contribution >= 0.6 is 11.3 Å². The topological polar surface area (TPSA) is 62.7 Å². The summed E-state index contributed by atoms with van der Waals surface area (Å²) in [5.74, 6) is 0.930. The van der Waals surface area contributed by atoms with Gasteiger partial charge in [0.15, 0.2) is 0 Å². The Morgan fingerprint density at radius 2 is 2.30 bits per heavy atom. The van der Waals surface area contributed by atoms with Crippen molar-refractivity contribution in [2.45, 2.75) is 25.3 Å². The molecule has 1 aliphatic carbocycles. The van der Waals surface area contributed by atoms with Gasteiger partial charge in [0.2, 0.25) is 0 Å². The van der Waals surface area contributed by atoms with E-state index in [4.69, 9.17) is 9.84 Å². The van der Waals surface area contributed by atoms with E-state index in [0.717, 1.165) is 42.2 Å². The van der Waals surface area contributed by atoms with Crippen LogP contribution in [0.25, 0.3) is 10.6 Å². The number of fused-ring (bicyclic) bond motifs is 1. The Morgan fingerprint density at radius 3 is 3.09 bits per heavy atom. The molecule has 0 atom stereocenters. The maximum absolute atomic E-state index is 12.6. The Labute approximate surface area is 138 Å². The largest absolute Gasteiger partial charge is 0.493 e. The van der Waals surface area contributed by atoms with Crippen LogP contribution in [-0.2, 0) is 6.42 Å². The van der Waals surface area contributed by atoms with E-state index in [0.29, 0.717) is 11.4 Å². The van der Waals surface area contributed by atoms with Crippen LogP contribution in [0, 0.1) is 0 Å². The molecule has 6 heteroatoms. The summed E-state index contributed by atoms with van der Waals surface area (Å²) in [4.78, 5) is 19.4. The van der Waals surface area contributed by atoms with E-state index in [-0.39, 0.29) is 18.6 Å². The number of hydrogen-bond acceptors (Lipinski definition) is 5. The van der Waals surface area contributed by atoms with Gasteiger partial charge in [0.05, 0.1) is 19.4 Å². The fourth-order valence-corrected chi connectivity index (χ4v) is 3.78. The molecule has 5 nitrogen and oxygen atoms in total. The van der Waals surface area contributed by atoms with E-state index in [9.17, 15) is 4.79 Å². The summed E-state index contributed by atoms with van der Waals surface area (Å²) in [6.45, 7) is 1.13. The molecule has 4 rings (SSSR count). The van der Waals surface area contributed by atoms with Crippen molar-refractivity contribution in [1.29, 1.82) is 0 Å². The minimum atomic E-state index is -0.0187. The molecule has 2 heterocycles. The van der Waals surface area contributed by atoms with Crippen molar-refractivity contribution in [1.82, 2.24) is 9.88 Å². The predicted molar refractivity (Wildman–Crippen MR) is 87.9 cm³/mol. The van der Waals surface area contributed by atoms with Crippen molar-refractivity contribution in [3.05, 3.63) is 34.8 Å². The van der Waals surface area contributed by atoms with Crippen LogP contribution < -0.4 is 4.74 Å². The first-order chi connectivity index (χ1) is 11.3. The molecular formula is C17H18N2O3S. The molecule has 0 bridgehead atoms. The Bertz CT molecular complexity index is 739. The molecule has 1 saturated carbocycles. The molecule has 2 aromatic rings. The van der Waals surface area contributed by atoms with Crippen LogP contribution in [0.15, 0.2) is 24.4 Å². The zero-order chi connectivity index (χ0) is 15.8. The normalized spacial score (nSPS) is 16.0. The fourth-order valence-electron chi connectivity index (χ4n) is 2.91. The van der Waals surface area contributed by atoms with Crippen molar-refractivity contribution in [3.8, 4) is 16.3 Å². The van der Waals surface area contributed by atoms with Crippen LogP contribution in [0.2, 0.25) is 0 Å². The molecule has 23 heavy (non-hydrogen) atoms. The zero-order valence-electron chi connectivity index (χ0n) is 12.7. The number of hydrogen-bond donors (Lipinski definition) is 1. The Morgan fingerprint density at radius 1 is 1.43 bits per heavy atom. The first-order valence-corrected chi connectivity index (χ1v) is 8.71. The Kier molecular flexibility index (Phi) is 3.79. The number of aliphatic hydroxyl groups is 1. The van der Waals surface area contributed by atoms with Crippen LogP contribution in [-0.4, -0.2) is 46.7 Å². The van der Waals surface area contributed by atoms with Crippen molar-refractivity contribution in [2.24, 2.45) is 0 Å². The second-order valence-electron chi connectivity index (χ2n) is 5.90. The molecule has 120 valence electrons. The summed E-state index contributed by atoms with van der Waals surface area (Å²) in [5, 5.41) is 10.0. The molecule has 0 radical (unpaired) electrons. The van der Waals surface area contributed by atoms with E-state index in [1.807, 2.05) is 12.1 Å². The molecular weight excluding hydrogens is 312 g/mol. The SMILES string of the molecule is O=C(c1cnc(-c2ccc3c(c2)CCO3)s1)N(CCO)C1CC1. The highest BCUT2D eigenvalue weighted by Gasteiger charge is 2.33. The van der Waals surface area contributed by atoms with Gasteiger partial charge < -0.3 is 14.7 Å². The number of nitrogens with zero attached hydrogens (tertiary/aromatic N) is 2. The molecule has 0 unspecified atom stereocenters. The van der Waals surface area contributed by atoms with Gasteiger partial charge in [0.25, 0.3) is 5.91 Å². The zero-order valence-corrected chi connectivity index (χ0v) is 13.5. The minimum absolute atomic E-state index is 0.00127. The highest BCUT2D eigenvalue weighted by Crippen LogP contribution is 2.34. The summed E-state index contributed by atoms with van der Waals surface area (Å²) >= 11 is 1.41. The predicted octanol–water partition coefficient (Wildman–Crippen LogP) is 2.34. The number of thiazole rings is 1. The van der Waals surface area contributed by atoms with Gasteiger partial charge in [-0.25, -0.2) is 4.98 Å². The number of aromatic nitrogens is 1. The molecule has 1 N–H and O–H groups in total. The van der Waals surface area contributed by atoms with Crippen molar-refractivity contribution in [2.75, 3.05) is 19.8 Å². The second kappa shape index (κ2) is 5.94.